The van der Waals surface area contributed by atoms with Gasteiger partial charge in [0.05, 0.1) is 11.3 Å². The van der Waals surface area contributed by atoms with E-state index in [1.807, 2.05) is 67.6 Å². The van der Waals surface area contributed by atoms with Gasteiger partial charge < -0.3 is 4.90 Å². The molecule has 4 rings (SSSR count). The lowest BCUT2D eigenvalue weighted by atomic mass is 10.1. The van der Waals surface area contributed by atoms with Crippen LogP contribution in [0.5, 0.6) is 0 Å². The topological polar surface area (TPSA) is 15.6 Å². The van der Waals surface area contributed by atoms with Crippen molar-refractivity contribution in [1.82, 2.24) is 4.90 Å². The van der Waals surface area contributed by atoms with Gasteiger partial charge in [-0.1, -0.05) is 83.5 Å². The molecule has 0 aliphatic carbocycles. The first kappa shape index (κ1) is 26.8. The second-order valence-electron chi connectivity index (χ2n) is 8.64. The maximum Gasteiger partial charge on any atom is 0.416 e. The number of alkyl halides is 3. The first-order chi connectivity index (χ1) is 17.8. The van der Waals surface area contributed by atoms with E-state index in [4.69, 9.17) is 16.6 Å². The monoisotopic (exact) mass is 538 g/mol. The van der Waals surface area contributed by atoms with E-state index in [1.165, 1.54) is 23.9 Å². The van der Waals surface area contributed by atoms with Crippen molar-refractivity contribution >= 4 is 34.2 Å². The molecule has 0 radical (unpaired) electrons. The number of aliphatic imine (C=N–C) groups is 1. The maximum absolute atomic E-state index is 13.1. The van der Waals surface area contributed by atoms with Crippen LogP contribution in [0.15, 0.2) is 113 Å². The minimum atomic E-state index is -4.39. The quantitative estimate of drug-likeness (QED) is 0.132. The highest BCUT2D eigenvalue weighted by molar-refractivity contribution is 8.13. The first-order valence-corrected chi connectivity index (χ1v) is 13.0. The number of amidine groups is 1. The molecule has 190 valence electrons. The van der Waals surface area contributed by atoms with Gasteiger partial charge in [0.2, 0.25) is 0 Å². The predicted molar refractivity (Wildman–Crippen MR) is 148 cm³/mol. The summed E-state index contributed by atoms with van der Waals surface area (Å²) in [5, 5.41) is 1.40. The Kier molecular flexibility index (Phi) is 8.95. The Hall–Kier alpha value is -3.22. The van der Waals surface area contributed by atoms with Gasteiger partial charge in [-0.3, -0.25) is 0 Å². The largest absolute Gasteiger partial charge is 0.416 e. The third kappa shape index (κ3) is 8.14. The molecule has 4 aromatic carbocycles. The zero-order valence-corrected chi connectivity index (χ0v) is 21.8. The summed E-state index contributed by atoms with van der Waals surface area (Å²) in [6, 6.07) is 30.9. The average molecular weight is 539 g/mol. The number of hydrogen-bond donors (Lipinski definition) is 0. The zero-order valence-electron chi connectivity index (χ0n) is 20.3. The van der Waals surface area contributed by atoms with Crippen molar-refractivity contribution in [2.45, 2.75) is 31.0 Å². The fourth-order valence-electron chi connectivity index (χ4n) is 3.74. The number of benzene rings is 4. The molecule has 0 aliphatic rings. The van der Waals surface area contributed by atoms with Crippen LogP contribution >= 0.6 is 23.4 Å². The van der Waals surface area contributed by atoms with Crippen LogP contribution in [0.2, 0.25) is 5.02 Å². The summed E-state index contributed by atoms with van der Waals surface area (Å²) in [6.45, 7) is 3.29. The van der Waals surface area contributed by atoms with E-state index in [0.29, 0.717) is 29.0 Å². The Bertz CT molecular complexity index is 1320. The van der Waals surface area contributed by atoms with E-state index >= 15 is 0 Å². The highest BCUT2D eigenvalue weighted by atomic mass is 35.5. The van der Waals surface area contributed by atoms with Crippen LogP contribution in [-0.2, 0) is 19.1 Å². The molecular formula is C30H26ClF3N2S. The minimum Gasteiger partial charge on any atom is -0.346 e. The molecule has 0 bridgehead atoms. The van der Waals surface area contributed by atoms with Gasteiger partial charge in [0.25, 0.3) is 0 Å². The molecule has 0 aliphatic heterocycles. The lowest BCUT2D eigenvalue weighted by molar-refractivity contribution is -0.137. The molecule has 0 N–H and O–H groups in total. The minimum absolute atomic E-state index is 0.465. The van der Waals surface area contributed by atoms with Gasteiger partial charge in [-0.05, 0) is 73.0 Å². The molecule has 2 nitrogen and oxygen atoms in total. The van der Waals surface area contributed by atoms with Crippen LogP contribution in [0.4, 0.5) is 18.9 Å². The van der Waals surface area contributed by atoms with Crippen molar-refractivity contribution in [2.24, 2.45) is 4.99 Å². The molecule has 0 spiro atoms. The number of aryl methyl sites for hydroxylation is 1. The summed E-state index contributed by atoms with van der Waals surface area (Å²) >= 11 is 7.57. The van der Waals surface area contributed by atoms with Gasteiger partial charge in [0.1, 0.15) is 0 Å². The van der Waals surface area contributed by atoms with Crippen LogP contribution in [0.25, 0.3) is 0 Å². The molecule has 0 unspecified atom stereocenters. The van der Waals surface area contributed by atoms with E-state index in [1.54, 1.807) is 0 Å². The number of hydrogen-bond acceptors (Lipinski definition) is 2. The van der Waals surface area contributed by atoms with Crippen molar-refractivity contribution in [3.05, 3.63) is 130 Å². The van der Waals surface area contributed by atoms with E-state index < -0.39 is 11.7 Å². The SMILES string of the molecule is Cc1cccc(SC(=Nc2ccc(C(F)(F)F)cc2)N(CCc2ccc(Cl)cc2)Cc2ccccc2)c1. The first-order valence-electron chi connectivity index (χ1n) is 11.8. The Morgan fingerprint density at radius 1 is 0.838 bits per heavy atom. The van der Waals surface area contributed by atoms with Gasteiger partial charge >= 0.3 is 6.18 Å². The van der Waals surface area contributed by atoms with Crippen molar-refractivity contribution < 1.29 is 13.2 Å². The van der Waals surface area contributed by atoms with Crippen molar-refractivity contribution in [3.63, 3.8) is 0 Å². The number of halogens is 4. The van der Waals surface area contributed by atoms with Gasteiger partial charge in [0.15, 0.2) is 5.17 Å². The second-order valence-corrected chi connectivity index (χ2v) is 10.1. The summed E-state index contributed by atoms with van der Waals surface area (Å²) in [6.07, 6.45) is -3.64. The summed E-state index contributed by atoms with van der Waals surface area (Å²) < 4.78 is 39.3. The molecule has 0 atom stereocenters. The molecule has 0 heterocycles. The van der Waals surface area contributed by atoms with Crippen molar-refractivity contribution in [2.75, 3.05) is 6.54 Å². The fraction of sp³-hybridized carbons (Fsp3) is 0.167. The Labute approximate surface area is 224 Å². The van der Waals surface area contributed by atoms with Gasteiger partial charge in [-0.2, -0.15) is 13.2 Å². The van der Waals surface area contributed by atoms with Gasteiger partial charge in [0, 0.05) is 23.0 Å². The Morgan fingerprint density at radius 2 is 1.54 bits per heavy atom. The molecule has 0 saturated carbocycles. The lowest BCUT2D eigenvalue weighted by Gasteiger charge is -2.26. The normalized spacial score (nSPS) is 12.0. The third-order valence-electron chi connectivity index (χ3n) is 5.69. The zero-order chi connectivity index (χ0) is 26.3. The number of rotatable bonds is 7. The van der Waals surface area contributed by atoms with Crippen LogP contribution < -0.4 is 0 Å². The van der Waals surface area contributed by atoms with Gasteiger partial charge in [-0.15, -0.1) is 0 Å². The van der Waals surface area contributed by atoms with E-state index in [9.17, 15) is 13.2 Å². The average Bonchev–Trinajstić information content (AvgIpc) is 2.87. The molecular weight excluding hydrogens is 513 g/mol. The van der Waals surface area contributed by atoms with Crippen molar-refractivity contribution in [3.8, 4) is 0 Å². The van der Waals surface area contributed by atoms with Crippen molar-refractivity contribution in [1.29, 1.82) is 0 Å². The highest BCUT2D eigenvalue weighted by Gasteiger charge is 2.30. The summed E-state index contributed by atoms with van der Waals surface area (Å²) in [5.74, 6) is 0. The predicted octanol–water partition coefficient (Wildman–Crippen LogP) is 9.19. The Morgan fingerprint density at radius 3 is 2.19 bits per heavy atom. The standard InChI is InChI=1S/C30H26ClF3N2S/c1-22-6-5-9-28(20-22)37-29(35-27-16-12-25(13-17-27)30(32,33)34)36(21-24-7-3-2-4-8-24)19-18-23-10-14-26(31)15-11-23/h2-17,20H,18-19,21H2,1H3. The molecule has 4 aromatic rings. The van der Waals surface area contributed by atoms with Crippen LogP contribution in [0.3, 0.4) is 0 Å². The Balaban J connectivity index is 1.70. The maximum atomic E-state index is 13.1. The lowest BCUT2D eigenvalue weighted by Crippen LogP contribution is -2.30. The molecule has 37 heavy (non-hydrogen) atoms. The summed E-state index contributed by atoms with van der Waals surface area (Å²) in [4.78, 5) is 8.03. The van der Waals surface area contributed by atoms with Gasteiger partial charge in [-0.25, -0.2) is 4.99 Å². The highest BCUT2D eigenvalue weighted by Crippen LogP contribution is 2.32. The van der Waals surface area contributed by atoms with Crippen LogP contribution in [0.1, 0.15) is 22.3 Å². The van der Waals surface area contributed by atoms with Crippen LogP contribution in [0, 0.1) is 6.92 Å². The molecule has 7 heteroatoms. The summed E-state index contributed by atoms with van der Waals surface area (Å²) in [5.41, 5.74) is 3.14. The second kappa shape index (κ2) is 12.3. The van der Waals surface area contributed by atoms with E-state index in [2.05, 4.69) is 23.1 Å². The fourth-order valence-corrected chi connectivity index (χ4v) is 4.90. The molecule has 0 fully saturated rings. The molecule has 0 aromatic heterocycles. The molecule has 0 saturated heterocycles. The summed E-state index contributed by atoms with van der Waals surface area (Å²) in [7, 11) is 0. The van der Waals surface area contributed by atoms with E-state index in [0.717, 1.165) is 40.1 Å². The smallest absolute Gasteiger partial charge is 0.346 e. The number of nitrogens with zero attached hydrogens (tertiary/aromatic N) is 2. The molecule has 0 amide bonds. The van der Waals surface area contributed by atoms with Crippen LogP contribution in [-0.4, -0.2) is 16.6 Å². The van der Waals surface area contributed by atoms with E-state index in [-0.39, 0.29) is 0 Å². The number of thioether (sulfide) groups is 1. The third-order valence-corrected chi connectivity index (χ3v) is 6.96.